The maximum atomic E-state index is 11.7. The summed E-state index contributed by atoms with van der Waals surface area (Å²) in [6.07, 6.45) is 1.90. The molecule has 17 heavy (non-hydrogen) atoms. The van der Waals surface area contributed by atoms with Gasteiger partial charge in [-0.15, -0.1) is 0 Å². The summed E-state index contributed by atoms with van der Waals surface area (Å²) in [7, 11) is 1.90. The van der Waals surface area contributed by atoms with E-state index >= 15 is 0 Å². The number of hydrogen-bond donors (Lipinski definition) is 1. The van der Waals surface area contributed by atoms with E-state index in [0.717, 1.165) is 10.6 Å². The highest BCUT2D eigenvalue weighted by atomic mass is 32.1. The Labute approximate surface area is 103 Å². The fraction of sp³-hybridized carbons (Fsp3) is 0.273. The number of rotatable bonds is 3. The normalized spacial score (nSPS) is 10.5. The van der Waals surface area contributed by atoms with Crippen LogP contribution in [0.15, 0.2) is 18.3 Å². The lowest BCUT2D eigenvalue weighted by Gasteiger charge is -2.03. The zero-order valence-corrected chi connectivity index (χ0v) is 10.5. The smallest absolute Gasteiger partial charge is 0.358 e. The monoisotopic (exact) mass is 251 g/mol. The molecule has 2 N–H and O–H groups in total. The van der Waals surface area contributed by atoms with E-state index in [-0.39, 0.29) is 5.69 Å². The summed E-state index contributed by atoms with van der Waals surface area (Å²) >= 11 is 1.29. The van der Waals surface area contributed by atoms with Crippen LogP contribution in [0.1, 0.15) is 17.4 Å². The first-order valence-electron chi connectivity index (χ1n) is 5.18. The van der Waals surface area contributed by atoms with Gasteiger partial charge in [0, 0.05) is 13.2 Å². The van der Waals surface area contributed by atoms with E-state index in [9.17, 15) is 4.79 Å². The topological polar surface area (TPSA) is 70.1 Å². The van der Waals surface area contributed by atoms with Crippen molar-refractivity contribution in [1.29, 1.82) is 0 Å². The second-order valence-electron chi connectivity index (χ2n) is 3.45. The molecular weight excluding hydrogens is 238 g/mol. The third-order valence-corrected chi connectivity index (χ3v) is 3.20. The summed E-state index contributed by atoms with van der Waals surface area (Å²) in [6, 6.07) is 3.82. The lowest BCUT2D eigenvalue weighted by molar-refractivity contribution is 0.0521. The average molecular weight is 251 g/mol. The molecule has 0 aliphatic rings. The Bertz CT molecular complexity index is 545. The van der Waals surface area contributed by atoms with Crippen molar-refractivity contribution in [1.82, 2.24) is 9.55 Å². The van der Waals surface area contributed by atoms with E-state index in [1.807, 2.05) is 29.9 Å². The molecule has 90 valence electrons. The van der Waals surface area contributed by atoms with E-state index in [2.05, 4.69) is 4.98 Å². The van der Waals surface area contributed by atoms with Gasteiger partial charge < -0.3 is 15.0 Å². The number of carbonyl (C=O) groups excluding carboxylic acids is 1. The Morgan fingerprint density at radius 2 is 2.41 bits per heavy atom. The highest BCUT2D eigenvalue weighted by Gasteiger charge is 2.20. The van der Waals surface area contributed by atoms with Crippen molar-refractivity contribution in [2.45, 2.75) is 6.92 Å². The summed E-state index contributed by atoms with van der Waals surface area (Å²) in [5, 5.41) is 0.365. The van der Waals surface area contributed by atoms with Crippen molar-refractivity contribution in [2.24, 2.45) is 7.05 Å². The highest BCUT2D eigenvalue weighted by molar-refractivity contribution is 7.19. The van der Waals surface area contributed by atoms with Crippen molar-refractivity contribution in [3.63, 3.8) is 0 Å². The summed E-state index contributed by atoms with van der Waals surface area (Å²) in [4.78, 5) is 16.5. The number of ether oxygens (including phenoxy) is 1. The molecule has 0 aliphatic carbocycles. The first kappa shape index (κ1) is 11.7. The van der Waals surface area contributed by atoms with Crippen LogP contribution < -0.4 is 5.73 Å². The van der Waals surface area contributed by atoms with Crippen LogP contribution in [-0.2, 0) is 11.8 Å². The number of esters is 1. The fourth-order valence-corrected chi connectivity index (χ4v) is 2.43. The number of carbonyl (C=O) groups is 1. The third-order valence-electron chi connectivity index (χ3n) is 2.29. The molecule has 5 nitrogen and oxygen atoms in total. The number of hydrogen-bond acceptors (Lipinski definition) is 5. The van der Waals surface area contributed by atoms with Gasteiger partial charge >= 0.3 is 5.97 Å². The largest absolute Gasteiger partial charge is 0.461 e. The Morgan fingerprint density at radius 3 is 3.00 bits per heavy atom. The van der Waals surface area contributed by atoms with Crippen molar-refractivity contribution in [3.05, 3.63) is 24.0 Å². The maximum Gasteiger partial charge on any atom is 0.358 e. The van der Waals surface area contributed by atoms with Gasteiger partial charge in [0.05, 0.1) is 17.2 Å². The average Bonchev–Trinajstić information content (AvgIpc) is 2.84. The van der Waals surface area contributed by atoms with Gasteiger partial charge in [0.2, 0.25) is 0 Å². The van der Waals surface area contributed by atoms with Crippen LogP contribution in [0, 0.1) is 0 Å². The van der Waals surface area contributed by atoms with Crippen molar-refractivity contribution < 1.29 is 9.53 Å². The molecule has 0 spiro atoms. The summed E-state index contributed by atoms with van der Waals surface area (Å²) < 4.78 is 6.87. The van der Waals surface area contributed by atoms with Crippen LogP contribution in [0.25, 0.3) is 10.6 Å². The third kappa shape index (κ3) is 2.16. The standard InChI is InChI=1S/C11H13N3O2S/c1-3-16-10(15)8-9(17-11(12)13-8)7-5-4-6-14(7)2/h4-6H,3H2,1-2H3,(H2,12,13). The van der Waals surface area contributed by atoms with Gasteiger partial charge in [0.25, 0.3) is 0 Å². The lowest BCUT2D eigenvalue weighted by Crippen LogP contribution is -2.07. The molecule has 0 aliphatic heterocycles. The van der Waals surface area contributed by atoms with E-state index in [1.165, 1.54) is 11.3 Å². The number of aryl methyl sites for hydroxylation is 1. The van der Waals surface area contributed by atoms with Crippen LogP contribution in [0.3, 0.4) is 0 Å². The van der Waals surface area contributed by atoms with Crippen LogP contribution in [0.2, 0.25) is 0 Å². The van der Waals surface area contributed by atoms with Gasteiger partial charge in [0.15, 0.2) is 10.8 Å². The quantitative estimate of drug-likeness (QED) is 0.846. The summed E-state index contributed by atoms with van der Waals surface area (Å²) in [6.45, 7) is 2.08. The number of anilines is 1. The van der Waals surface area contributed by atoms with Gasteiger partial charge in [-0.25, -0.2) is 9.78 Å². The molecular formula is C11H13N3O2S. The molecule has 0 unspecified atom stereocenters. The molecule has 0 fully saturated rings. The predicted octanol–water partition coefficient (Wildman–Crippen LogP) is 1.91. The van der Waals surface area contributed by atoms with Crippen molar-refractivity contribution >= 4 is 22.4 Å². The zero-order valence-electron chi connectivity index (χ0n) is 9.64. The Kier molecular flexibility index (Phi) is 3.14. The van der Waals surface area contributed by atoms with Crippen LogP contribution in [-0.4, -0.2) is 22.1 Å². The van der Waals surface area contributed by atoms with E-state index in [1.54, 1.807) is 6.92 Å². The second kappa shape index (κ2) is 4.58. The lowest BCUT2D eigenvalue weighted by atomic mass is 10.3. The number of nitrogens with two attached hydrogens (primary N) is 1. The molecule has 0 saturated carbocycles. The molecule has 0 bridgehead atoms. The molecule has 0 atom stereocenters. The van der Waals surface area contributed by atoms with E-state index in [4.69, 9.17) is 10.5 Å². The van der Waals surface area contributed by atoms with Gasteiger partial charge in [-0.05, 0) is 19.1 Å². The first-order valence-corrected chi connectivity index (χ1v) is 6.00. The molecule has 0 aromatic carbocycles. The van der Waals surface area contributed by atoms with Crippen molar-refractivity contribution in [3.8, 4) is 10.6 Å². The summed E-state index contributed by atoms with van der Waals surface area (Å²) in [5.74, 6) is -0.434. The number of thiazole rings is 1. The first-order chi connectivity index (χ1) is 8.13. The molecule has 2 aromatic heterocycles. The maximum absolute atomic E-state index is 11.7. The van der Waals surface area contributed by atoms with Gasteiger partial charge in [-0.1, -0.05) is 11.3 Å². The van der Waals surface area contributed by atoms with Gasteiger partial charge in [-0.2, -0.15) is 0 Å². The highest BCUT2D eigenvalue weighted by Crippen LogP contribution is 2.32. The number of nitrogen functional groups attached to an aromatic ring is 1. The molecule has 2 aromatic rings. The van der Waals surface area contributed by atoms with Crippen molar-refractivity contribution in [2.75, 3.05) is 12.3 Å². The SMILES string of the molecule is CCOC(=O)c1nc(N)sc1-c1cccn1C. The minimum atomic E-state index is -0.434. The van der Waals surface area contributed by atoms with Crippen LogP contribution >= 0.6 is 11.3 Å². The molecule has 6 heteroatoms. The second-order valence-corrected chi connectivity index (χ2v) is 4.49. The minimum absolute atomic E-state index is 0.288. The predicted molar refractivity (Wildman–Crippen MR) is 66.9 cm³/mol. The minimum Gasteiger partial charge on any atom is -0.461 e. The summed E-state index contributed by atoms with van der Waals surface area (Å²) in [5.41, 5.74) is 6.85. The fourth-order valence-electron chi connectivity index (χ4n) is 1.55. The van der Waals surface area contributed by atoms with Crippen LogP contribution in [0.5, 0.6) is 0 Å². The molecule has 2 heterocycles. The molecule has 0 amide bonds. The molecule has 0 saturated heterocycles. The molecule has 0 radical (unpaired) electrons. The molecule has 2 rings (SSSR count). The van der Waals surface area contributed by atoms with Crippen LogP contribution in [0.4, 0.5) is 5.13 Å². The Balaban J connectivity index is 2.48. The number of aromatic nitrogens is 2. The zero-order chi connectivity index (χ0) is 12.4. The van der Waals surface area contributed by atoms with E-state index in [0.29, 0.717) is 11.7 Å². The van der Waals surface area contributed by atoms with Gasteiger partial charge in [0.1, 0.15) is 0 Å². The Morgan fingerprint density at radius 1 is 1.65 bits per heavy atom. The van der Waals surface area contributed by atoms with Gasteiger partial charge in [-0.3, -0.25) is 0 Å². The Hall–Kier alpha value is -1.82. The number of nitrogens with zero attached hydrogens (tertiary/aromatic N) is 2. The van der Waals surface area contributed by atoms with E-state index < -0.39 is 5.97 Å².